The number of carboxylic acid groups (broad SMARTS) is 4. The van der Waals surface area contributed by atoms with Crippen LogP contribution in [0.5, 0.6) is 0 Å². The molecule has 0 aromatic heterocycles. The molecule has 0 spiro atoms. The quantitative estimate of drug-likeness (QED) is 0.355. The van der Waals surface area contributed by atoms with Gasteiger partial charge in [-0.25, -0.2) is 19.2 Å². The van der Waals surface area contributed by atoms with Crippen LogP contribution in [0.4, 0.5) is 0 Å². The maximum Gasteiger partial charge on any atom is 0.336 e. The van der Waals surface area contributed by atoms with Crippen molar-refractivity contribution in [1.29, 1.82) is 0 Å². The molecule has 0 saturated carbocycles. The van der Waals surface area contributed by atoms with E-state index in [2.05, 4.69) is 0 Å². The van der Waals surface area contributed by atoms with E-state index in [4.69, 9.17) is 0 Å². The van der Waals surface area contributed by atoms with Crippen molar-refractivity contribution in [1.82, 2.24) is 0 Å². The number of hydrogen-bond donors (Lipinski definition) is 4. The number of benzene rings is 3. The van der Waals surface area contributed by atoms with Crippen LogP contribution < -0.4 is 0 Å². The van der Waals surface area contributed by atoms with Gasteiger partial charge >= 0.3 is 23.9 Å². The van der Waals surface area contributed by atoms with Crippen molar-refractivity contribution in [2.24, 2.45) is 11.8 Å². The Morgan fingerprint density at radius 2 is 0.737 bits per heavy atom. The lowest BCUT2D eigenvalue weighted by molar-refractivity contribution is 0.0650. The van der Waals surface area contributed by atoms with Crippen LogP contribution in [-0.2, 0) is 10.8 Å². The molecule has 194 valence electrons. The molecule has 0 fully saturated rings. The average molecular weight is 515 g/mol. The topological polar surface area (TPSA) is 149 Å². The number of hydrogen-bond acceptors (Lipinski definition) is 4. The Balaban J connectivity index is 2.12. The fourth-order valence-corrected chi connectivity index (χ4v) is 7.12. The smallest absolute Gasteiger partial charge is 0.336 e. The summed E-state index contributed by atoms with van der Waals surface area (Å²) in [5, 5.41) is 39.9. The maximum atomic E-state index is 12.3. The van der Waals surface area contributed by atoms with Gasteiger partial charge in [0.1, 0.15) is 0 Å². The molecule has 4 N–H and O–H groups in total. The molecule has 0 radical (unpaired) electrons. The van der Waals surface area contributed by atoms with Crippen molar-refractivity contribution in [3.05, 3.63) is 104 Å². The molecule has 2 bridgehead atoms. The van der Waals surface area contributed by atoms with E-state index in [9.17, 15) is 39.6 Å². The second kappa shape index (κ2) is 8.02. The average Bonchev–Trinajstić information content (AvgIpc) is 2.85. The van der Waals surface area contributed by atoms with E-state index >= 15 is 0 Å². The molecule has 8 heteroatoms. The molecule has 3 aliphatic rings. The van der Waals surface area contributed by atoms with E-state index in [-0.39, 0.29) is 34.1 Å². The summed E-state index contributed by atoms with van der Waals surface area (Å²) in [6.07, 6.45) is 0. The summed E-state index contributed by atoms with van der Waals surface area (Å²) in [5.41, 5.74) is 0.548. The number of rotatable bonds is 6. The first kappa shape index (κ1) is 25.2. The number of aromatic carboxylic acids is 4. The van der Waals surface area contributed by atoms with Gasteiger partial charge in [-0.2, -0.15) is 0 Å². The molecule has 8 nitrogen and oxygen atoms in total. The predicted octanol–water partition coefficient (Wildman–Crippen LogP) is 5.09. The lowest BCUT2D eigenvalue weighted by Gasteiger charge is -2.60. The zero-order chi connectivity index (χ0) is 27.9. The highest BCUT2D eigenvalue weighted by molar-refractivity contribution is 6.04. The third-order valence-electron chi connectivity index (χ3n) is 8.45. The van der Waals surface area contributed by atoms with Gasteiger partial charge in [0, 0.05) is 10.8 Å². The lowest BCUT2D eigenvalue weighted by atomic mass is 9.42. The van der Waals surface area contributed by atoms with Crippen LogP contribution in [0.3, 0.4) is 0 Å². The lowest BCUT2D eigenvalue weighted by Crippen LogP contribution is -2.55. The Morgan fingerprint density at radius 3 is 0.921 bits per heavy atom. The molecule has 3 aromatic carbocycles. The molecule has 0 amide bonds. The van der Waals surface area contributed by atoms with E-state index in [1.165, 1.54) is 24.3 Å². The van der Waals surface area contributed by atoms with Crippen LogP contribution in [0, 0.1) is 11.8 Å². The Kier molecular flexibility index (Phi) is 5.32. The fourth-order valence-electron chi connectivity index (χ4n) is 7.12. The number of carbonyl (C=O) groups is 4. The third-order valence-corrected chi connectivity index (χ3v) is 8.45. The summed E-state index contributed by atoms with van der Waals surface area (Å²) in [7, 11) is 0. The second-order valence-electron chi connectivity index (χ2n) is 10.6. The summed E-state index contributed by atoms with van der Waals surface area (Å²) in [4.78, 5) is 49.0. The van der Waals surface area contributed by atoms with Crippen molar-refractivity contribution in [2.75, 3.05) is 0 Å². The summed E-state index contributed by atoms with van der Waals surface area (Å²) in [5.74, 6) is -6.03. The zero-order valence-electron chi connectivity index (χ0n) is 21.2. The van der Waals surface area contributed by atoms with E-state index in [1.54, 1.807) is 0 Å². The van der Waals surface area contributed by atoms with Gasteiger partial charge in [0.15, 0.2) is 0 Å². The first-order valence-electron chi connectivity index (χ1n) is 12.2. The summed E-state index contributed by atoms with van der Waals surface area (Å²) in [6, 6.07) is 13.3. The standard InChI is InChI=1S/C30H26O8/c1-13(2)29-19-7-5-6-8-20(19)30(14(3)4,23-11-17(27(35)36)15(25(31)32)9-21(23)29)24-12-18(28(37)38)16(26(33)34)10-22(24)29/h5-14H,1-4H3,(H,31,32)(H,33,34)(H,35,36)(H,37,38). The molecule has 0 unspecified atom stereocenters. The van der Waals surface area contributed by atoms with Crippen molar-refractivity contribution in [3.8, 4) is 0 Å². The molecule has 6 rings (SSSR count). The molecule has 0 saturated heterocycles. The summed E-state index contributed by atoms with van der Waals surface area (Å²) < 4.78 is 0. The maximum absolute atomic E-state index is 12.3. The molecule has 3 aliphatic carbocycles. The van der Waals surface area contributed by atoms with Crippen LogP contribution in [0.15, 0.2) is 48.5 Å². The zero-order valence-corrected chi connectivity index (χ0v) is 21.2. The largest absolute Gasteiger partial charge is 0.478 e. The van der Waals surface area contributed by atoms with Gasteiger partial charge in [0.2, 0.25) is 0 Å². The van der Waals surface area contributed by atoms with Crippen LogP contribution in [0.2, 0.25) is 0 Å². The summed E-state index contributed by atoms with van der Waals surface area (Å²) in [6.45, 7) is 7.76. The minimum atomic E-state index is -1.38. The molecule has 38 heavy (non-hydrogen) atoms. The first-order valence-corrected chi connectivity index (χ1v) is 12.2. The molecular formula is C30H26O8. The Bertz CT molecular complexity index is 1390. The van der Waals surface area contributed by atoms with Gasteiger partial charge in [0.25, 0.3) is 0 Å². The minimum absolute atomic E-state index is 0.249. The van der Waals surface area contributed by atoms with Crippen LogP contribution >= 0.6 is 0 Å². The first-order chi connectivity index (χ1) is 17.8. The second-order valence-corrected chi connectivity index (χ2v) is 10.6. The van der Waals surface area contributed by atoms with Crippen molar-refractivity contribution < 1.29 is 39.6 Å². The van der Waals surface area contributed by atoms with Crippen LogP contribution in [0.25, 0.3) is 0 Å². The SMILES string of the molecule is CC(C)C12c3ccccc3C(C(C)C)(c3cc(C(=O)O)c(C(=O)O)cc31)c1cc(C(=O)O)c(C(=O)O)cc12. The molecule has 0 atom stereocenters. The number of carboxylic acids is 4. The minimum Gasteiger partial charge on any atom is -0.478 e. The highest BCUT2D eigenvalue weighted by Gasteiger charge is 2.61. The highest BCUT2D eigenvalue weighted by Crippen LogP contribution is 2.66. The molecule has 3 aromatic rings. The van der Waals surface area contributed by atoms with E-state index in [0.717, 1.165) is 11.1 Å². The fraction of sp³-hybridized carbons (Fsp3) is 0.267. The highest BCUT2D eigenvalue weighted by atomic mass is 16.4. The van der Waals surface area contributed by atoms with Gasteiger partial charge in [-0.3, -0.25) is 0 Å². The van der Waals surface area contributed by atoms with E-state index in [0.29, 0.717) is 22.3 Å². The van der Waals surface area contributed by atoms with Gasteiger partial charge in [-0.05, 0) is 69.5 Å². The Morgan fingerprint density at radius 1 is 0.500 bits per heavy atom. The van der Waals surface area contributed by atoms with E-state index in [1.807, 2.05) is 52.0 Å². The normalized spacial score (nSPS) is 20.6. The Labute approximate surface area is 218 Å². The van der Waals surface area contributed by atoms with Gasteiger partial charge in [-0.1, -0.05) is 52.0 Å². The van der Waals surface area contributed by atoms with Crippen LogP contribution in [-0.4, -0.2) is 44.3 Å². The summed E-state index contributed by atoms with van der Waals surface area (Å²) >= 11 is 0. The van der Waals surface area contributed by atoms with Gasteiger partial charge in [-0.15, -0.1) is 0 Å². The molecule has 0 aliphatic heterocycles. The predicted molar refractivity (Wildman–Crippen MR) is 137 cm³/mol. The Hall–Kier alpha value is -4.46. The van der Waals surface area contributed by atoms with Crippen molar-refractivity contribution >= 4 is 23.9 Å². The van der Waals surface area contributed by atoms with Gasteiger partial charge < -0.3 is 20.4 Å². The van der Waals surface area contributed by atoms with E-state index < -0.39 is 34.7 Å². The van der Waals surface area contributed by atoms with Crippen LogP contribution in [0.1, 0.15) is 103 Å². The molecular weight excluding hydrogens is 488 g/mol. The van der Waals surface area contributed by atoms with Crippen molar-refractivity contribution in [3.63, 3.8) is 0 Å². The monoisotopic (exact) mass is 514 g/mol. The third kappa shape index (κ3) is 2.80. The molecule has 0 heterocycles. The van der Waals surface area contributed by atoms with Crippen molar-refractivity contribution in [2.45, 2.75) is 38.5 Å². The van der Waals surface area contributed by atoms with Gasteiger partial charge in [0.05, 0.1) is 22.3 Å².